The number of hydrogen-bond donors (Lipinski definition) is 0. The van der Waals surface area contributed by atoms with E-state index in [1.54, 1.807) is 0 Å². The molecule has 0 N–H and O–H groups in total. The summed E-state index contributed by atoms with van der Waals surface area (Å²) in [5.41, 5.74) is 0.499. The SMILES string of the molecule is O=C(c1ccc(F)cc1)[C@@H](Br)CCCl. The van der Waals surface area contributed by atoms with E-state index in [0.29, 0.717) is 17.9 Å². The maximum Gasteiger partial charge on any atom is 0.176 e. The predicted octanol–water partition coefficient (Wildman–Crippen LogP) is 3.40. The molecule has 1 nitrogen and oxygen atoms in total. The number of hydrogen-bond acceptors (Lipinski definition) is 1. The zero-order valence-corrected chi connectivity index (χ0v) is 9.69. The Hall–Kier alpha value is -0.410. The van der Waals surface area contributed by atoms with Crippen molar-refractivity contribution in [3.05, 3.63) is 35.6 Å². The fourth-order valence-corrected chi connectivity index (χ4v) is 2.00. The van der Waals surface area contributed by atoms with Crippen molar-refractivity contribution < 1.29 is 9.18 Å². The Kier molecular flexibility index (Phi) is 4.55. The van der Waals surface area contributed by atoms with Gasteiger partial charge in [-0.25, -0.2) is 4.39 Å². The van der Waals surface area contributed by atoms with E-state index in [0.717, 1.165) is 0 Å². The molecule has 0 aromatic heterocycles. The highest BCUT2D eigenvalue weighted by Gasteiger charge is 2.15. The van der Waals surface area contributed by atoms with Crippen LogP contribution in [0.5, 0.6) is 0 Å². The molecule has 0 radical (unpaired) electrons. The van der Waals surface area contributed by atoms with Crippen LogP contribution in [0.1, 0.15) is 16.8 Å². The zero-order valence-electron chi connectivity index (χ0n) is 7.34. The summed E-state index contributed by atoms with van der Waals surface area (Å²) in [7, 11) is 0. The van der Waals surface area contributed by atoms with E-state index >= 15 is 0 Å². The van der Waals surface area contributed by atoms with Gasteiger partial charge >= 0.3 is 0 Å². The number of benzene rings is 1. The standard InChI is InChI=1S/C10H9BrClFO/c11-9(5-6-12)10(14)7-1-3-8(13)4-2-7/h1-4,9H,5-6H2/t9-/m0/s1. The van der Waals surface area contributed by atoms with Crippen molar-refractivity contribution in [1.29, 1.82) is 0 Å². The molecule has 76 valence electrons. The van der Waals surface area contributed by atoms with E-state index in [-0.39, 0.29) is 16.4 Å². The van der Waals surface area contributed by atoms with Crippen LogP contribution in [-0.2, 0) is 0 Å². The smallest absolute Gasteiger partial charge is 0.176 e. The van der Waals surface area contributed by atoms with Gasteiger partial charge in [-0.3, -0.25) is 4.79 Å². The zero-order chi connectivity index (χ0) is 10.6. The van der Waals surface area contributed by atoms with E-state index in [2.05, 4.69) is 15.9 Å². The summed E-state index contributed by atoms with van der Waals surface area (Å²) in [5, 5.41) is 0. The van der Waals surface area contributed by atoms with Gasteiger partial charge < -0.3 is 0 Å². The minimum Gasteiger partial charge on any atom is -0.293 e. The molecule has 0 aliphatic heterocycles. The lowest BCUT2D eigenvalue weighted by atomic mass is 10.1. The topological polar surface area (TPSA) is 17.1 Å². The third-order valence-corrected chi connectivity index (χ3v) is 2.87. The summed E-state index contributed by atoms with van der Waals surface area (Å²) >= 11 is 8.74. The molecule has 1 atom stereocenters. The number of alkyl halides is 2. The third-order valence-electron chi connectivity index (χ3n) is 1.78. The average molecular weight is 280 g/mol. The molecule has 0 unspecified atom stereocenters. The summed E-state index contributed by atoms with van der Waals surface area (Å²) in [6.45, 7) is 0. The highest BCUT2D eigenvalue weighted by Crippen LogP contribution is 2.14. The van der Waals surface area contributed by atoms with Crippen LogP contribution in [0.2, 0.25) is 0 Å². The molecule has 1 rings (SSSR count). The molecule has 0 aliphatic rings. The number of halogens is 3. The van der Waals surface area contributed by atoms with Crippen molar-refractivity contribution in [1.82, 2.24) is 0 Å². The summed E-state index contributed by atoms with van der Waals surface area (Å²) < 4.78 is 12.6. The van der Waals surface area contributed by atoms with Crippen LogP contribution in [-0.4, -0.2) is 16.5 Å². The van der Waals surface area contributed by atoms with Crippen molar-refractivity contribution in [3.8, 4) is 0 Å². The van der Waals surface area contributed by atoms with Crippen LogP contribution in [0.15, 0.2) is 24.3 Å². The van der Waals surface area contributed by atoms with Crippen LogP contribution in [0.3, 0.4) is 0 Å². The lowest BCUT2D eigenvalue weighted by Gasteiger charge is -2.06. The molecule has 0 spiro atoms. The summed E-state index contributed by atoms with van der Waals surface area (Å²) in [5.74, 6) is 0.0127. The van der Waals surface area contributed by atoms with Gasteiger partial charge in [-0.1, -0.05) is 15.9 Å². The summed E-state index contributed by atoms with van der Waals surface area (Å²) in [6, 6.07) is 5.49. The van der Waals surface area contributed by atoms with E-state index in [4.69, 9.17) is 11.6 Å². The molecule has 0 bridgehead atoms. The Morgan fingerprint density at radius 3 is 2.50 bits per heavy atom. The van der Waals surface area contributed by atoms with Gasteiger partial charge in [-0.05, 0) is 30.7 Å². The van der Waals surface area contributed by atoms with E-state index in [9.17, 15) is 9.18 Å². The maximum absolute atomic E-state index is 12.6. The first-order valence-electron chi connectivity index (χ1n) is 4.15. The van der Waals surface area contributed by atoms with Gasteiger partial charge in [0.15, 0.2) is 5.78 Å². The molecule has 0 fully saturated rings. The number of carbonyl (C=O) groups is 1. The number of ketones is 1. The molecule has 0 heterocycles. The highest BCUT2D eigenvalue weighted by atomic mass is 79.9. The van der Waals surface area contributed by atoms with Crippen molar-refractivity contribution >= 4 is 33.3 Å². The van der Waals surface area contributed by atoms with Gasteiger partial charge in [0.2, 0.25) is 0 Å². The van der Waals surface area contributed by atoms with Crippen molar-refractivity contribution in [2.45, 2.75) is 11.2 Å². The van der Waals surface area contributed by atoms with E-state index in [1.807, 2.05) is 0 Å². The Balaban J connectivity index is 2.74. The lowest BCUT2D eigenvalue weighted by Crippen LogP contribution is -2.14. The van der Waals surface area contributed by atoms with Gasteiger partial charge in [0.1, 0.15) is 5.82 Å². The molecule has 1 aromatic rings. The molecular weight excluding hydrogens is 270 g/mol. The Labute approximate surface area is 95.4 Å². The van der Waals surface area contributed by atoms with Crippen molar-refractivity contribution in [3.63, 3.8) is 0 Å². The fraction of sp³-hybridized carbons (Fsp3) is 0.300. The van der Waals surface area contributed by atoms with Gasteiger partial charge in [-0.15, -0.1) is 11.6 Å². The van der Waals surface area contributed by atoms with Crippen LogP contribution in [0, 0.1) is 5.82 Å². The fourth-order valence-electron chi connectivity index (χ4n) is 1.02. The normalized spacial score (nSPS) is 12.5. The first kappa shape index (κ1) is 11.7. The summed E-state index contributed by atoms with van der Waals surface area (Å²) in [6.07, 6.45) is 0.567. The Bertz CT molecular complexity index is 312. The van der Waals surface area contributed by atoms with Gasteiger partial charge in [0.25, 0.3) is 0 Å². The first-order valence-corrected chi connectivity index (χ1v) is 5.60. The predicted molar refractivity (Wildman–Crippen MR) is 58.8 cm³/mol. The number of rotatable bonds is 4. The monoisotopic (exact) mass is 278 g/mol. The van der Waals surface area contributed by atoms with Crippen LogP contribution in [0.25, 0.3) is 0 Å². The number of Topliss-reactive ketones (excluding diaryl/α,β-unsaturated/α-hetero) is 1. The van der Waals surface area contributed by atoms with E-state index < -0.39 is 0 Å². The summed E-state index contributed by atoms with van der Waals surface area (Å²) in [4.78, 5) is 11.3. The minimum absolute atomic E-state index is 0.0642. The molecule has 0 saturated heterocycles. The second-order valence-corrected chi connectivity index (χ2v) is 4.30. The molecule has 0 amide bonds. The van der Waals surface area contributed by atoms with Gasteiger partial charge in [0.05, 0.1) is 4.83 Å². The largest absolute Gasteiger partial charge is 0.293 e. The van der Waals surface area contributed by atoms with Crippen LogP contribution >= 0.6 is 27.5 Å². The second kappa shape index (κ2) is 5.47. The second-order valence-electron chi connectivity index (χ2n) is 2.82. The van der Waals surface area contributed by atoms with Crippen molar-refractivity contribution in [2.24, 2.45) is 0 Å². The van der Waals surface area contributed by atoms with Crippen molar-refractivity contribution in [2.75, 3.05) is 5.88 Å². The first-order chi connectivity index (χ1) is 6.65. The third kappa shape index (κ3) is 3.07. The van der Waals surface area contributed by atoms with Gasteiger partial charge in [-0.2, -0.15) is 0 Å². The Morgan fingerprint density at radius 2 is 2.00 bits per heavy atom. The van der Waals surface area contributed by atoms with Gasteiger partial charge in [0, 0.05) is 11.4 Å². The minimum atomic E-state index is -0.343. The molecule has 14 heavy (non-hydrogen) atoms. The molecule has 1 aromatic carbocycles. The quantitative estimate of drug-likeness (QED) is 0.610. The van der Waals surface area contributed by atoms with Crippen LogP contribution < -0.4 is 0 Å². The molecule has 4 heteroatoms. The Morgan fingerprint density at radius 1 is 1.43 bits per heavy atom. The van der Waals surface area contributed by atoms with Crippen LogP contribution in [0.4, 0.5) is 4.39 Å². The maximum atomic E-state index is 12.6. The average Bonchev–Trinajstić information content (AvgIpc) is 2.18. The lowest BCUT2D eigenvalue weighted by molar-refractivity contribution is 0.0990. The highest BCUT2D eigenvalue weighted by molar-refractivity contribution is 9.10. The molecule has 0 aliphatic carbocycles. The molecular formula is C10H9BrClFO. The number of carbonyl (C=O) groups excluding carboxylic acids is 1. The molecule has 0 saturated carbocycles. The van der Waals surface area contributed by atoms with E-state index in [1.165, 1.54) is 24.3 Å².